The van der Waals surface area contributed by atoms with Gasteiger partial charge in [0.25, 0.3) is 5.91 Å². The van der Waals surface area contributed by atoms with Crippen LogP contribution in [0.1, 0.15) is 10.4 Å². The van der Waals surface area contributed by atoms with Gasteiger partial charge in [0.05, 0.1) is 12.2 Å². The van der Waals surface area contributed by atoms with Crippen molar-refractivity contribution in [3.63, 3.8) is 0 Å². The van der Waals surface area contributed by atoms with Gasteiger partial charge in [-0.1, -0.05) is 0 Å². The van der Waals surface area contributed by atoms with Crippen LogP contribution in [-0.4, -0.2) is 46.8 Å². The van der Waals surface area contributed by atoms with Crippen molar-refractivity contribution in [1.29, 1.82) is 0 Å². The third kappa shape index (κ3) is 4.62. The number of aromatic nitrogens is 1. The van der Waals surface area contributed by atoms with Gasteiger partial charge >= 0.3 is 6.18 Å². The molecule has 20 heavy (non-hydrogen) atoms. The molecule has 0 atom stereocenters. The molecular weight excluding hydrogens is 345 g/mol. The second-order valence-electron chi connectivity index (χ2n) is 3.76. The summed E-state index contributed by atoms with van der Waals surface area (Å²) in [5, 5.41) is 8.78. The molecule has 10 heteroatoms. The average Bonchev–Trinajstić information content (AvgIpc) is 2.36. The lowest BCUT2D eigenvalue weighted by atomic mass is 10.2. The number of halogens is 4. The summed E-state index contributed by atoms with van der Waals surface area (Å²) < 4.78 is 37.7. The molecule has 0 spiro atoms. The van der Waals surface area contributed by atoms with Gasteiger partial charge < -0.3 is 15.4 Å². The molecule has 0 radical (unpaired) electrons. The van der Waals surface area contributed by atoms with Crippen molar-refractivity contribution in [2.45, 2.75) is 6.18 Å². The van der Waals surface area contributed by atoms with Gasteiger partial charge in [-0.25, -0.2) is 10.8 Å². The van der Waals surface area contributed by atoms with E-state index in [1.165, 1.54) is 12.3 Å². The van der Waals surface area contributed by atoms with Crippen molar-refractivity contribution in [2.75, 3.05) is 25.1 Å². The summed E-state index contributed by atoms with van der Waals surface area (Å²) in [7, 11) is 0. The molecule has 1 aromatic rings. The monoisotopic (exact) mass is 356 g/mol. The second kappa shape index (κ2) is 6.86. The van der Waals surface area contributed by atoms with Crippen LogP contribution in [0.3, 0.4) is 0 Å². The number of pyridine rings is 1. The molecule has 1 aromatic heterocycles. The Bertz CT molecular complexity index is 484. The van der Waals surface area contributed by atoms with E-state index in [-0.39, 0.29) is 11.4 Å². The Kier molecular flexibility index (Phi) is 5.72. The minimum atomic E-state index is -4.57. The van der Waals surface area contributed by atoms with E-state index < -0.39 is 31.8 Å². The largest absolute Gasteiger partial charge is 0.406 e. The number of aliphatic hydroxyl groups excluding tert-OH is 1. The van der Waals surface area contributed by atoms with Gasteiger partial charge in [-0.05, 0) is 22.0 Å². The predicted octanol–water partition coefficient (Wildman–Crippen LogP) is 1.13. The Hall–Kier alpha value is -1.39. The third-order valence-electron chi connectivity index (χ3n) is 2.25. The first-order valence-corrected chi connectivity index (χ1v) is 6.17. The minimum Gasteiger partial charge on any atom is -0.395 e. The number of hydrazine groups is 1. The highest BCUT2D eigenvalue weighted by Gasteiger charge is 2.33. The summed E-state index contributed by atoms with van der Waals surface area (Å²) in [5.41, 5.74) is 2.01. The molecule has 112 valence electrons. The summed E-state index contributed by atoms with van der Waals surface area (Å²) in [6.45, 7) is -2.51. The van der Waals surface area contributed by atoms with Crippen molar-refractivity contribution in [1.82, 2.24) is 9.88 Å². The van der Waals surface area contributed by atoms with E-state index in [2.05, 4.69) is 26.3 Å². The smallest absolute Gasteiger partial charge is 0.395 e. The molecule has 0 aromatic carbocycles. The number of nitrogens with one attached hydrogen (secondary N) is 1. The van der Waals surface area contributed by atoms with Crippen LogP contribution in [0.25, 0.3) is 0 Å². The zero-order valence-corrected chi connectivity index (χ0v) is 11.7. The zero-order chi connectivity index (χ0) is 15.3. The molecular formula is C10H12BrF3N4O2. The standard InChI is InChI=1S/C10H12BrF3N4O2/c11-6-3-7(8(17-15)16-4-6)9(20)18(1-2-19)5-10(12,13)14/h3-4,19H,1-2,5,15H2,(H,16,17). The summed E-state index contributed by atoms with van der Waals surface area (Å²) in [6, 6.07) is 1.30. The number of carbonyl (C=O) groups excluding carboxylic acids is 1. The van der Waals surface area contributed by atoms with Crippen LogP contribution in [-0.2, 0) is 0 Å². The van der Waals surface area contributed by atoms with E-state index >= 15 is 0 Å². The fourth-order valence-corrected chi connectivity index (χ4v) is 1.81. The Morgan fingerprint density at radius 2 is 2.20 bits per heavy atom. The van der Waals surface area contributed by atoms with Gasteiger partial charge in [0.1, 0.15) is 6.54 Å². The van der Waals surface area contributed by atoms with Crippen LogP contribution in [0.15, 0.2) is 16.7 Å². The number of nitrogens with two attached hydrogens (primary N) is 1. The molecule has 0 fully saturated rings. The fraction of sp³-hybridized carbons (Fsp3) is 0.400. The number of alkyl halides is 3. The predicted molar refractivity (Wildman–Crippen MR) is 68.8 cm³/mol. The molecule has 0 aliphatic heterocycles. The van der Waals surface area contributed by atoms with E-state index in [4.69, 9.17) is 10.9 Å². The number of amides is 1. The molecule has 0 saturated carbocycles. The molecule has 6 nitrogen and oxygen atoms in total. The van der Waals surface area contributed by atoms with Crippen LogP contribution in [0, 0.1) is 0 Å². The molecule has 0 aliphatic carbocycles. The Morgan fingerprint density at radius 1 is 1.55 bits per heavy atom. The van der Waals surface area contributed by atoms with E-state index in [0.29, 0.717) is 9.37 Å². The zero-order valence-electron chi connectivity index (χ0n) is 10.1. The maximum atomic E-state index is 12.4. The van der Waals surface area contributed by atoms with Crippen LogP contribution >= 0.6 is 15.9 Å². The fourth-order valence-electron chi connectivity index (χ4n) is 1.48. The Labute approximate surface area is 120 Å². The van der Waals surface area contributed by atoms with Crippen molar-refractivity contribution in [3.05, 3.63) is 22.3 Å². The average molecular weight is 357 g/mol. The van der Waals surface area contributed by atoms with Gasteiger partial charge in [-0.3, -0.25) is 4.79 Å². The van der Waals surface area contributed by atoms with Gasteiger partial charge in [0.15, 0.2) is 5.82 Å². The van der Waals surface area contributed by atoms with E-state index in [0.717, 1.165) is 0 Å². The number of aliphatic hydroxyl groups is 1. The Morgan fingerprint density at radius 3 is 2.70 bits per heavy atom. The number of hydrogen-bond donors (Lipinski definition) is 3. The number of hydrogen-bond acceptors (Lipinski definition) is 5. The minimum absolute atomic E-state index is 0.0525. The van der Waals surface area contributed by atoms with E-state index in [1.807, 2.05) is 0 Å². The molecule has 1 amide bonds. The van der Waals surface area contributed by atoms with Crippen molar-refractivity contribution in [2.24, 2.45) is 5.84 Å². The molecule has 0 saturated heterocycles. The molecule has 1 rings (SSSR count). The van der Waals surface area contributed by atoms with E-state index in [1.54, 1.807) is 0 Å². The maximum Gasteiger partial charge on any atom is 0.406 e. The van der Waals surface area contributed by atoms with Crippen LogP contribution in [0.5, 0.6) is 0 Å². The highest BCUT2D eigenvalue weighted by atomic mass is 79.9. The van der Waals surface area contributed by atoms with Gasteiger partial charge in [-0.2, -0.15) is 13.2 Å². The number of nitrogen functional groups attached to an aromatic ring is 1. The first-order valence-electron chi connectivity index (χ1n) is 5.37. The molecule has 0 aliphatic rings. The summed E-state index contributed by atoms with van der Waals surface area (Å²) >= 11 is 3.07. The summed E-state index contributed by atoms with van der Waals surface area (Å²) in [5.74, 6) is 4.18. The molecule has 1 heterocycles. The number of carbonyl (C=O) groups is 1. The molecule has 0 bridgehead atoms. The summed E-state index contributed by atoms with van der Waals surface area (Å²) in [4.78, 5) is 16.4. The second-order valence-corrected chi connectivity index (χ2v) is 4.68. The highest BCUT2D eigenvalue weighted by Crippen LogP contribution is 2.22. The van der Waals surface area contributed by atoms with Crippen LogP contribution in [0.2, 0.25) is 0 Å². The van der Waals surface area contributed by atoms with Gasteiger partial charge in [0.2, 0.25) is 0 Å². The van der Waals surface area contributed by atoms with E-state index in [9.17, 15) is 18.0 Å². The topological polar surface area (TPSA) is 91.5 Å². The number of anilines is 1. The number of nitrogens with zero attached hydrogens (tertiary/aromatic N) is 2. The van der Waals surface area contributed by atoms with Crippen molar-refractivity contribution < 1.29 is 23.1 Å². The molecule has 4 N–H and O–H groups in total. The van der Waals surface area contributed by atoms with Crippen LogP contribution in [0.4, 0.5) is 19.0 Å². The first kappa shape index (κ1) is 16.7. The lowest BCUT2D eigenvalue weighted by Gasteiger charge is -2.23. The quantitative estimate of drug-likeness (QED) is 0.543. The third-order valence-corrected chi connectivity index (χ3v) is 2.68. The normalized spacial score (nSPS) is 11.3. The lowest BCUT2D eigenvalue weighted by molar-refractivity contribution is -0.141. The SMILES string of the molecule is NNc1ncc(Br)cc1C(=O)N(CCO)CC(F)(F)F. The Balaban J connectivity index is 3.08. The van der Waals surface area contributed by atoms with Crippen LogP contribution < -0.4 is 11.3 Å². The van der Waals surface area contributed by atoms with Gasteiger partial charge in [-0.15, -0.1) is 0 Å². The maximum absolute atomic E-state index is 12.4. The van der Waals surface area contributed by atoms with Gasteiger partial charge in [0, 0.05) is 17.2 Å². The van der Waals surface area contributed by atoms with Crippen molar-refractivity contribution >= 4 is 27.7 Å². The first-order chi connectivity index (χ1) is 9.28. The van der Waals surface area contributed by atoms with Crippen molar-refractivity contribution in [3.8, 4) is 0 Å². The summed E-state index contributed by atoms with van der Waals surface area (Å²) in [6.07, 6.45) is -3.23. The lowest BCUT2D eigenvalue weighted by Crippen LogP contribution is -2.41. The molecule has 0 unspecified atom stereocenters. The highest BCUT2D eigenvalue weighted by molar-refractivity contribution is 9.10. The number of rotatable bonds is 5.